The largest absolute Gasteiger partial charge is 0.342 e. The lowest BCUT2D eigenvalue weighted by atomic mass is 9.94. The number of hydrogen-bond acceptors (Lipinski definition) is 2. The van der Waals surface area contributed by atoms with Gasteiger partial charge in [-0.3, -0.25) is 4.79 Å². The maximum atomic E-state index is 12.5. The molecule has 2 N–H and O–H groups in total. The highest BCUT2D eigenvalue weighted by Crippen LogP contribution is 2.25. The lowest BCUT2D eigenvalue weighted by molar-refractivity contribution is -0.134. The molecule has 1 aromatic carbocycles. The molecule has 0 aromatic heterocycles. The molecule has 3 atom stereocenters. The van der Waals surface area contributed by atoms with Crippen LogP contribution in [0.3, 0.4) is 0 Å². The molecule has 2 rings (SSSR count). The molecule has 0 spiro atoms. The van der Waals surface area contributed by atoms with E-state index in [1.54, 1.807) is 0 Å². The van der Waals surface area contributed by atoms with Crippen molar-refractivity contribution in [2.24, 2.45) is 17.6 Å². The Morgan fingerprint density at radius 1 is 1.40 bits per heavy atom. The molecule has 1 amide bonds. The van der Waals surface area contributed by atoms with Crippen LogP contribution in [0.4, 0.5) is 0 Å². The highest BCUT2D eigenvalue weighted by atomic mass is 35.5. The number of benzene rings is 1. The summed E-state index contributed by atoms with van der Waals surface area (Å²) in [6, 6.07) is 9.68. The van der Waals surface area contributed by atoms with Gasteiger partial charge in [-0.05, 0) is 17.9 Å². The molecule has 3 unspecified atom stereocenters. The van der Waals surface area contributed by atoms with Gasteiger partial charge in [0.2, 0.25) is 5.91 Å². The van der Waals surface area contributed by atoms with Crippen molar-refractivity contribution in [2.75, 3.05) is 13.1 Å². The average molecular weight is 297 g/mol. The highest BCUT2D eigenvalue weighted by Gasteiger charge is 2.31. The molecule has 1 saturated heterocycles. The number of rotatable bonds is 4. The topological polar surface area (TPSA) is 46.3 Å². The predicted octanol–water partition coefficient (Wildman–Crippen LogP) is 3.00. The van der Waals surface area contributed by atoms with Crippen LogP contribution in [0.15, 0.2) is 30.3 Å². The van der Waals surface area contributed by atoms with E-state index in [0.29, 0.717) is 5.92 Å². The van der Waals surface area contributed by atoms with Crippen LogP contribution < -0.4 is 5.73 Å². The minimum Gasteiger partial charge on any atom is -0.342 e. The van der Waals surface area contributed by atoms with E-state index in [2.05, 4.69) is 6.92 Å². The molecule has 0 bridgehead atoms. The number of halogens is 1. The zero-order valence-electron chi connectivity index (χ0n) is 12.3. The molecule has 20 heavy (non-hydrogen) atoms. The molecular formula is C16H25ClN2O. The molecule has 1 aromatic rings. The number of carbonyl (C=O) groups is 1. The van der Waals surface area contributed by atoms with Crippen LogP contribution in [0.2, 0.25) is 0 Å². The van der Waals surface area contributed by atoms with E-state index in [0.717, 1.165) is 31.5 Å². The minimum absolute atomic E-state index is 0. The zero-order chi connectivity index (χ0) is 13.8. The Bertz CT molecular complexity index is 424. The smallest absolute Gasteiger partial charge is 0.227 e. The maximum Gasteiger partial charge on any atom is 0.227 e. The molecule has 112 valence electrons. The van der Waals surface area contributed by atoms with Crippen LogP contribution >= 0.6 is 12.4 Å². The van der Waals surface area contributed by atoms with Gasteiger partial charge >= 0.3 is 0 Å². The number of likely N-dealkylation sites (tertiary alicyclic amines) is 1. The third kappa shape index (κ3) is 3.74. The average Bonchev–Trinajstić information content (AvgIpc) is 2.94. The molecule has 1 heterocycles. The van der Waals surface area contributed by atoms with Gasteiger partial charge in [0.05, 0.1) is 5.92 Å². The van der Waals surface area contributed by atoms with Gasteiger partial charge < -0.3 is 10.6 Å². The van der Waals surface area contributed by atoms with Gasteiger partial charge in [0.25, 0.3) is 0 Å². The normalized spacial score (nSPS) is 21.1. The summed E-state index contributed by atoms with van der Waals surface area (Å²) in [4.78, 5) is 14.5. The van der Waals surface area contributed by atoms with Crippen molar-refractivity contribution >= 4 is 18.3 Å². The molecule has 0 saturated carbocycles. The fraction of sp³-hybridized carbons (Fsp3) is 0.562. The van der Waals surface area contributed by atoms with Gasteiger partial charge in [-0.25, -0.2) is 0 Å². The second-order valence-corrected chi connectivity index (χ2v) is 5.57. The Morgan fingerprint density at radius 2 is 2.05 bits per heavy atom. The van der Waals surface area contributed by atoms with Crippen LogP contribution in [-0.4, -0.2) is 23.9 Å². The van der Waals surface area contributed by atoms with E-state index < -0.39 is 0 Å². The van der Waals surface area contributed by atoms with E-state index in [4.69, 9.17) is 5.73 Å². The summed E-state index contributed by atoms with van der Waals surface area (Å²) in [6.07, 6.45) is 2.29. The Balaban J connectivity index is 0.00000200. The van der Waals surface area contributed by atoms with E-state index in [1.807, 2.05) is 42.2 Å². The van der Waals surface area contributed by atoms with Crippen molar-refractivity contribution in [1.29, 1.82) is 0 Å². The quantitative estimate of drug-likeness (QED) is 0.928. The molecule has 0 aliphatic carbocycles. The summed E-state index contributed by atoms with van der Waals surface area (Å²) in [5.41, 5.74) is 7.26. The second kappa shape index (κ2) is 7.65. The third-order valence-corrected chi connectivity index (χ3v) is 4.29. The summed E-state index contributed by atoms with van der Waals surface area (Å²) in [5.74, 6) is 0.717. The van der Waals surface area contributed by atoms with Gasteiger partial charge in [-0.2, -0.15) is 0 Å². The van der Waals surface area contributed by atoms with Crippen molar-refractivity contribution < 1.29 is 4.79 Å². The second-order valence-electron chi connectivity index (χ2n) is 5.57. The van der Waals surface area contributed by atoms with Crippen molar-refractivity contribution in [3.63, 3.8) is 0 Å². The Labute approximate surface area is 127 Å². The first kappa shape index (κ1) is 17.0. The van der Waals surface area contributed by atoms with Crippen molar-refractivity contribution in [1.82, 2.24) is 4.90 Å². The van der Waals surface area contributed by atoms with Gasteiger partial charge in [0.1, 0.15) is 0 Å². The molecule has 0 radical (unpaired) electrons. The summed E-state index contributed by atoms with van der Waals surface area (Å²) in [7, 11) is 0. The summed E-state index contributed by atoms with van der Waals surface area (Å²) in [6.45, 7) is 5.93. The predicted molar refractivity (Wildman–Crippen MR) is 84.8 cm³/mol. The van der Waals surface area contributed by atoms with Crippen LogP contribution in [0, 0.1) is 11.8 Å². The number of nitrogens with two attached hydrogens (primary N) is 1. The molecule has 4 heteroatoms. The number of nitrogens with zero attached hydrogens (tertiary/aromatic N) is 1. The van der Waals surface area contributed by atoms with Gasteiger partial charge in [-0.15, -0.1) is 12.4 Å². The first-order valence-electron chi connectivity index (χ1n) is 7.22. The Hall–Kier alpha value is -1.06. The number of carbonyl (C=O) groups excluding carboxylic acids is 1. The number of hydrogen-bond donors (Lipinski definition) is 1. The Kier molecular flexibility index (Phi) is 6.50. The van der Waals surface area contributed by atoms with E-state index >= 15 is 0 Å². The summed E-state index contributed by atoms with van der Waals surface area (Å²) < 4.78 is 0. The summed E-state index contributed by atoms with van der Waals surface area (Å²) in [5, 5.41) is 0. The van der Waals surface area contributed by atoms with Crippen molar-refractivity contribution in [2.45, 2.75) is 32.7 Å². The van der Waals surface area contributed by atoms with Crippen LogP contribution in [0.25, 0.3) is 0 Å². The van der Waals surface area contributed by atoms with Crippen LogP contribution in [0.5, 0.6) is 0 Å². The van der Waals surface area contributed by atoms with Crippen molar-refractivity contribution in [3.05, 3.63) is 35.9 Å². The molecule has 3 nitrogen and oxygen atoms in total. The fourth-order valence-electron chi connectivity index (χ4n) is 2.77. The molecule has 1 aliphatic heterocycles. The SMILES string of the molecule is CCC1CCN(C(=O)C(C)C(N)c2ccccc2)C1.Cl. The lowest BCUT2D eigenvalue weighted by Gasteiger charge is -2.25. The van der Waals surface area contributed by atoms with E-state index in [-0.39, 0.29) is 30.3 Å². The molecule has 1 aliphatic rings. The van der Waals surface area contributed by atoms with Crippen LogP contribution in [0.1, 0.15) is 38.3 Å². The summed E-state index contributed by atoms with van der Waals surface area (Å²) >= 11 is 0. The zero-order valence-corrected chi connectivity index (χ0v) is 13.1. The lowest BCUT2D eigenvalue weighted by Crippen LogP contribution is -2.38. The first-order valence-corrected chi connectivity index (χ1v) is 7.22. The monoisotopic (exact) mass is 296 g/mol. The fourth-order valence-corrected chi connectivity index (χ4v) is 2.77. The third-order valence-electron chi connectivity index (χ3n) is 4.29. The maximum absolute atomic E-state index is 12.5. The Morgan fingerprint density at radius 3 is 2.60 bits per heavy atom. The van der Waals surface area contributed by atoms with E-state index in [1.165, 1.54) is 0 Å². The molecule has 1 fully saturated rings. The number of amides is 1. The highest BCUT2D eigenvalue weighted by molar-refractivity contribution is 5.85. The van der Waals surface area contributed by atoms with Crippen molar-refractivity contribution in [3.8, 4) is 0 Å². The van der Waals surface area contributed by atoms with Gasteiger partial charge in [-0.1, -0.05) is 50.6 Å². The van der Waals surface area contributed by atoms with Gasteiger partial charge in [0.15, 0.2) is 0 Å². The first-order chi connectivity index (χ1) is 9.13. The van der Waals surface area contributed by atoms with Gasteiger partial charge in [0, 0.05) is 19.1 Å². The van der Waals surface area contributed by atoms with Crippen LogP contribution in [-0.2, 0) is 4.79 Å². The molecular weight excluding hydrogens is 272 g/mol. The van der Waals surface area contributed by atoms with E-state index in [9.17, 15) is 4.79 Å². The standard InChI is InChI=1S/C16H24N2O.ClH/c1-3-13-9-10-18(11-13)16(19)12(2)15(17)14-7-5-4-6-8-14;/h4-8,12-13,15H,3,9-11,17H2,1-2H3;1H. The minimum atomic E-state index is -0.214.